The Kier molecular flexibility index (Phi) is 11.3. The van der Waals surface area contributed by atoms with Gasteiger partial charge in [0.2, 0.25) is 0 Å². The van der Waals surface area contributed by atoms with Crippen molar-refractivity contribution < 1.29 is 13.7 Å². The van der Waals surface area contributed by atoms with Gasteiger partial charge in [-0.05, 0) is 25.3 Å². The average molecular weight is 508 g/mol. The fraction of sp³-hybridized carbons (Fsp3) is 0.556. The number of nitrogens with one attached hydrogen (secondary N) is 1. The smallest absolute Gasteiger partial charge is 0.409 e. The van der Waals surface area contributed by atoms with Gasteiger partial charge in [0.1, 0.15) is 0 Å². The number of likely N-dealkylation sites (tertiary alicyclic amines) is 1. The first-order valence-electron chi connectivity index (χ1n) is 8.95. The Hall–Kier alpha value is -1.36. The number of nitrogens with two attached hydrogens (primary N) is 1. The molecule has 3 N–H and O–H groups in total. The summed E-state index contributed by atoms with van der Waals surface area (Å²) in [5, 5.41) is 3.18. The van der Waals surface area contributed by atoms with Crippen LogP contribution in [0.15, 0.2) is 35.3 Å². The third-order valence-electron chi connectivity index (χ3n) is 4.14. The molecule has 1 aromatic rings. The van der Waals surface area contributed by atoms with Gasteiger partial charge in [-0.3, -0.25) is 9.20 Å². The fourth-order valence-electron chi connectivity index (χ4n) is 2.78. The topological polar surface area (TPSA) is 97.0 Å². The molecule has 0 spiro atoms. The Bertz CT molecular complexity index is 622. The van der Waals surface area contributed by atoms with Crippen molar-refractivity contribution in [3.63, 3.8) is 0 Å². The van der Waals surface area contributed by atoms with E-state index in [4.69, 9.17) is 10.5 Å². The maximum Gasteiger partial charge on any atom is 0.409 e. The first-order chi connectivity index (χ1) is 12.6. The zero-order valence-electron chi connectivity index (χ0n) is 15.6. The van der Waals surface area contributed by atoms with Gasteiger partial charge in [0.25, 0.3) is 0 Å². The first kappa shape index (κ1) is 23.7. The predicted octanol–water partition coefficient (Wildman–Crippen LogP) is 2.08. The lowest BCUT2D eigenvalue weighted by Gasteiger charge is -2.31. The molecule has 152 valence electrons. The molecule has 0 saturated carbocycles. The molecule has 2 rings (SSSR count). The summed E-state index contributed by atoms with van der Waals surface area (Å²) >= 11 is 0. The lowest BCUT2D eigenvalue weighted by Crippen LogP contribution is -2.48. The third-order valence-corrected chi connectivity index (χ3v) is 5.44. The summed E-state index contributed by atoms with van der Waals surface area (Å²) in [7, 11) is -0.955. The van der Waals surface area contributed by atoms with Crippen LogP contribution in [0.4, 0.5) is 4.79 Å². The number of carbonyl (C=O) groups excluding carboxylic acids is 1. The number of nitrogens with zero attached hydrogens (tertiary/aromatic N) is 2. The van der Waals surface area contributed by atoms with Gasteiger partial charge in [0.05, 0.1) is 13.2 Å². The fourth-order valence-corrected chi connectivity index (χ4v) is 3.78. The number of aliphatic imine (C=N–C) groups is 1. The van der Waals surface area contributed by atoms with Crippen molar-refractivity contribution in [2.24, 2.45) is 10.7 Å². The highest BCUT2D eigenvalue weighted by atomic mass is 127. The largest absolute Gasteiger partial charge is 0.450 e. The summed E-state index contributed by atoms with van der Waals surface area (Å²) in [6.45, 7) is 3.91. The molecule has 1 amide bonds. The van der Waals surface area contributed by atoms with Crippen molar-refractivity contribution in [3.05, 3.63) is 35.9 Å². The number of hydrogen-bond acceptors (Lipinski definition) is 4. The van der Waals surface area contributed by atoms with Crippen LogP contribution in [0.3, 0.4) is 0 Å². The van der Waals surface area contributed by atoms with Crippen molar-refractivity contribution in [2.45, 2.75) is 31.6 Å². The number of carbonyl (C=O) groups is 1. The Morgan fingerprint density at radius 2 is 2.00 bits per heavy atom. The van der Waals surface area contributed by atoms with E-state index >= 15 is 0 Å². The minimum Gasteiger partial charge on any atom is -0.450 e. The minimum atomic E-state index is -0.955. The molecule has 9 heteroatoms. The molecule has 0 bridgehead atoms. The van der Waals surface area contributed by atoms with Gasteiger partial charge in [-0.15, -0.1) is 24.0 Å². The van der Waals surface area contributed by atoms with Gasteiger partial charge >= 0.3 is 6.09 Å². The van der Waals surface area contributed by atoms with Crippen LogP contribution in [-0.4, -0.2) is 59.2 Å². The molecule has 1 aliphatic rings. The van der Waals surface area contributed by atoms with Crippen molar-refractivity contribution in [3.8, 4) is 0 Å². The number of hydrogen-bond donors (Lipinski definition) is 2. The average Bonchev–Trinajstić information content (AvgIpc) is 2.63. The molecule has 7 nitrogen and oxygen atoms in total. The van der Waals surface area contributed by atoms with Crippen LogP contribution in [0.1, 0.15) is 25.3 Å². The van der Waals surface area contributed by atoms with Gasteiger partial charge in [-0.2, -0.15) is 0 Å². The van der Waals surface area contributed by atoms with Crippen LogP contribution < -0.4 is 11.1 Å². The Morgan fingerprint density at radius 3 is 2.63 bits per heavy atom. The van der Waals surface area contributed by atoms with E-state index in [-0.39, 0.29) is 36.1 Å². The minimum absolute atomic E-state index is 0. The van der Waals surface area contributed by atoms with Gasteiger partial charge in [-0.25, -0.2) is 4.79 Å². The van der Waals surface area contributed by atoms with Crippen molar-refractivity contribution in [2.75, 3.05) is 32.0 Å². The van der Waals surface area contributed by atoms with E-state index < -0.39 is 10.8 Å². The second-order valence-corrected chi connectivity index (χ2v) is 7.72. The SMILES string of the molecule is CCOC(=O)N1CCC(NC(N)=NCCS(=O)Cc2ccccc2)CC1.I. The number of guanidine groups is 1. The Labute approximate surface area is 180 Å². The summed E-state index contributed by atoms with van der Waals surface area (Å²) in [5.74, 6) is 1.39. The highest BCUT2D eigenvalue weighted by Gasteiger charge is 2.23. The molecule has 1 aromatic carbocycles. The number of ether oxygens (including phenoxy) is 1. The second-order valence-electron chi connectivity index (χ2n) is 6.15. The van der Waals surface area contributed by atoms with Crippen LogP contribution in [0, 0.1) is 0 Å². The first-order valence-corrected chi connectivity index (χ1v) is 10.4. The van der Waals surface area contributed by atoms with Gasteiger partial charge in [-0.1, -0.05) is 30.3 Å². The van der Waals surface area contributed by atoms with Crippen molar-refractivity contribution in [1.82, 2.24) is 10.2 Å². The normalized spacial score (nSPS) is 16.3. The third kappa shape index (κ3) is 8.91. The monoisotopic (exact) mass is 508 g/mol. The molecule has 1 heterocycles. The quantitative estimate of drug-likeness (QED) is 0.334. The highest BCUT2D eigenvalue weighted by Crippen LogP contribution is 2.11. The summed E-state index contributed by atoms with van der Waals surface area (Å²) in [6.07, 6.45) is 1.35. The lowest BCUT2D eigenvalue weighted by molar-refractivity contribution is 0.0963. The van der Waals surface area contributed by atoms with Crippen LogP contribution in [0.2, 0.25) is 0 Å². The maximum atomic E-state index is 12.1. The Balaban J connectivity index is 0.00000364. The van der Waals surface area contributed by atoms with Crippen LogP contribution in [0.5, 0.6) is 0 Å². The Morgan fingerprint density at radius 1 is 1.33 bits per heavy atom. The molecular formula is C18H29IN4O3S. The van der Waals surface area contributed by atoms with E-state index in [9.17, 15) is 9.00 Å². The van der Waals surface area contributed by atoms with Crippen molar-refractivity contribution in [1.29, 1.82) is 0 Å². The van der Waals surface area contributed by atoms with Gasteiger partial charge in [0, 0.05) is 41.4 Å². The molecule has 0 aliphatic carbocycles. The van der Waals surface area contributed by atoms with E-state index in [1.165, 1.54) is 0 Å². The summed E-state index contributed by atoms with van der Waals surface area (Å²) in [6, 6.07) is 9.97. The number of amides is 1. The molecular weight excluding hydrogens is 479 g/mol. The van der Waals surface area contributed by atoms with E-state index in [2.05, 4.69) is 10.3 Å². The molecule has 0 radical (unpaired) electrons. The van der Waals surface area contributed by atoms with Crippen molar-refractivity contribution >= 4 is 46.8 Å². The predicted molar refractivity (Wildman–Crippen MR) is 120 cm³/mol. The number of piperidine rings is 1. The summed E-state index contributed by atoms with van der Waals surface area (Å²) < 4.78 is 17.1. The lowest BCUT2D eigenvalue weighted by atomic mass is 10.1. The number of rotatable bonds is 7. The number of halogens is 1. The van der Waals surface area contributed by atoms with Crippen LogP contribution in [0.25, 0.3) is 0 Å². The van der Waals surface area contributed by atoms with E-state index in [1.807, 2.05) is 30.3 Å². The van der Waals surface area contributed by atoms with Crippen LogP contribution in [-0.2, 0) is 21.3 Å². The van der Waals surface area contributed by atoms with Gasteiger partial charge < -0.3 is 20.7 Å². The second kappa shape index (κ2) is 12.9. The van der Waals surface area contributed by atoms with E-state index in [0.29, 0.717) is 43.7 Å². The summed E-state index contributed by atoms with van der Waals surface area (Å²) in [5.41, 5.74) is 6.98. The molecule has 1 aliphatic heterocycles. The highest BCUT2D eigenvalue weighted by molar-refractivity contribution is 14.0. The standard InChI is InChI=1S/C18H28N4O3S.HI/c1-2-25-18(23)22-11-8-16(9-12-22)21-17(19)20-10-13-26(24)14-15-6-4-3-5-7-15;/h3-7,16H,2,8-14H2,1H3,(H3,19,20,21);1H. The molecule has 27 heavy (non-hydrogen) atoms. The summed E-state index contributed by atoms with van der Waals surface area (Å²) in [4.78, 5) is 17.6. The van der Waals surface area contributed by atoms with E-state index in [0.717, 1.165) is 18.4 Å². The van der Waals surface area contributed by atoms with Gasteiger partial charge in [0.15, 0.2) is 5.96 Å². The molecule has 1 atom stereocenters. The molecule has 1 fully saturated rings. The maximum absolute atomic E-state index is 12.1. The van der Waals surface area contributed by atoms with E-state index in [1.54, 1.807) is 11.8 Å². The molecule has 0 aromatic heterocycles. The zero-order chi connectivity index (χ0) is 18.8. The zero-order valence-corrected chi connectivity index (χ0v) is 18.8. The molecule has 1 saturated heterocycles. The number of benzene rings is 1. The molecule has 1 unspecified atom stereocenters. The van der Waals surface area contributed by atoms with Crippen LogP contribution >= 0.6 is 24.0 Å².